The standard InChI is InChI=1S/C14H22N2O/c1-11-5-3-8-14(17)16(11)10-9-12-6-4-7-13(12)15-2/h3,5,8,12-13,15H,4,6-7,9-10H2,1-2H3. The first-order valence-corrected chi connectivity index (χ1v) is 6.56. The van der Waals surface area contributed by atoms with Crippen molar-refractivity contribution >= 4 is 0 Å². The SMILES string of the molecule is CNC1CCCC1CCn1c(C)cccc1=O. The predicted octanol–water partition coefficient (Wildman–Crippen LogP) is 1.93. The molecule has 0 aliphatic heterocycles. The van der Waals surface area contributed by atoms with E-state index in [1.807, 2.05) is 30.7 Å². The third-order valence-electron chi connectivity index (χ3n) is 4.02. The van der Waals surface area contributed by atoms with Crippen LogP contribution in [-0.4, -0.2) is 17.7 Å². The molecule has 2 rings (SSSR count). The van der Waals surface area contributed by atoms with Crippen molar-refractivity contribution in [1.29, 1.82) is 0 Å². The molecule has 3 nitrogen and oxygen atoms in total. The van der Waals surface area contributed by atoms with E-state index < -0.39 is 0 Å². The first-order chi connectivity index (χ1) is 8.22. The molecule has 0 spiro atoms. The van der Waals surface area contributed by atoms with E-state index >= 15 is 0 Å². The number of pyridine rings is 1. The Bertz CT molecular complexity index is 424. The molecule has 0 aromatic carbocycles. The lowest BCUT2D eigenvalue weighted by molar-refractivity contribution is 0.374. The molecule has 0 saturated heterocycles. The molecule has 0 bridgehead atoms. The van der Waals surface area contributed by atoms with Crippen LogP contribution in [0.2, 0.25) is 0 Å². The molecule has 1 aromatic rings. The summed E-state index contributed by atoms with van der Waals surface area (Å²) in [5.74, 6) is 0.728. The highest BCUT2D eigenvalue weighted by molar-refractivity contribution is 5.04. The van der Waals surface area contributed by atoms with E-state index in [1.165, 1.54) is 19.3 Å². The summed E-state index contributed by atoms with van der Waals surface area (Å²) in [6.07, 6.45) is 5.01. The van der Waals surface area contributed by atoms with Gasteiger partial charge in [-0.25, -0.2) is 0 Å². The Morgan fingerprint density at radius 3 is 2.94 bits per heavy atom. The Morgan fingerprint density at radius 2 is 2.24 bits per heavy atom. The number of rotatable bonds is 4. The maximum Gasteiger partial charge on any atom is 0.250 e. The van der Waals surface area contributed by atoms with E-state index in [0.717, 1.165) is 24.6 Å². The number of aromatic nitrogens is 1. The van der Waals surface area contributed by atoms with E-state index in [-0.39, 0.29) is 5.56 Å². The summed E-state index contributed by atoms with van der Waals surface area (Å²) in [6.45, 7) is 2.86. The highest BCUT2D eigenvalue weighted by Gasteiger charge is 2.25. The molecule has 1 aliphatic rings. The van der Waals surface area contributed by atoms with Gasteiger partial charge in [-0.2, -0.15) is 0 Å². The molecule has 3 heteroatoms. The molecule has 2 unspecified atom stereocenters. The monoisotopic (exact) mass is 234 g/mol. The fourth-order valence-corrected chi connectivity index (χ4v) is 2.97. The van der Waals surface area contributed by atoms with Crippen LogP contribution in [0.5, 0.6) is 0 Å². The first kappa shape index (κ1) is 12.4. The predicted molar refractivity (Wildman–Crippen MR) is 70.2 cm³/mol. The molecular formula is C14H22N2O. The van der Waals surface area contributed by atoms with Crippen molar-refractivity contribution in [1.82, 2.24) is 9.88 Å². The van der Waals surface area contributed by atoms with Crippen molar-refractivity contribution in [3.05, 3.63) is 34.2 Å². The van der Waals surface area contributed by atoms with Gasteiger partial charge in [-0.15, -0.1) is 0 Å². The van der Waals surface area contributed by atoms with Crippen LogP contribution < -0.4 is 10.9 Å². The molecule has 1 aliphatic carbocycles. The van der Waals surface area contributed by atoms with Gasteiger partial charge in [0, 0.05) is 24.3 Å². The topological polar surface area (TPSA) is 34.0 Å². The Balaban J connectivity index is 2.00. The Kier molecular flexibility index (Phi) is 4.00. The van der Waals surface area contributed by atoms with Gasteiger partial charge in [0.2, 0.25) is 0 Å². The molecule has 1 N–H and O–H groups in total. The van der Waals surface area contributed by atoms with Crippen molar-refractivity contribution in [2.75, 3.05) is 7.05 Å². The zero-order valence-electron chi connectivity index (χ0n) is 10.8. The molecule has 1 saturated carbocycles. The Hall–Kier alpha value is -1.09. The maximum absolute atomic E-state index is 11.7. The van der Waals surface area contributed by atoms with Gasteiger partial charge in [0.15, 0.2) is 0 Å². The largest absolute Gasteiger partial charge is 0.317 e. The minimum absolute atomic E-state index is 0.129. The van der Waals surface area contributed by atoms with E-state index in [0.29, 0.717) is 6.04 Å². The van der Waals surface area contributed by atoms with Crippen LogP contribution in [0, 0.1) is 12.8 Å². The molecule has 2 atom stereocenters. The number of hydrogen-bond acceptors (Lipinski definition) is 2. The number of nitrogens with zero attached hydrogens (tertiary/aromatic N) is 1. The van der Waals surface area contributed by atoms with Crippen molar-refractivity contribution in [3.63, 3.8) is 0 Å². The summed E-state index contributed by atoms with van der Waals surface area (Å²) in [5.41, 5.74) is 1.19. The minimum Gasteiger partial charge on any atom is -0.317 e. The van der Waals surface area contributed by atoms with E-state index in [1.54, 1.807) is 6.07 Å². The molecular weight excluding hydrogens is 212 g/mol. The average molecular weight is 234 g/mol. The van der Waals surface area contributed by atoms with Crippen molar-refractivity contribution in [3.8, 4) is 0 Å². The molecule has 1 fully saturated rings. The smallest absolute Gasteiger partial charge is 0.250 e. The van der Waals surface area contributed by atoms with Crippen LogP contribution in [0.15, 0.2) is 23.0 Å². The van der Waals surface area contributed by atoms with Gasteiger partial charge in [0.25, 0.3) is 5.56 Å². The lowest BCUT2D eigenvalue weighted by Gasteiger charge is -2.19. The van der Waals surface area contributed by atoms with Gasteiger partial charge in [0.05, 0.1) is 0 Å². The summed E-state index contributed by atoms with van der Waals surface area (Å²) in [4.78, 5) is 11.7. The van der Waals surface area contributed by atoms with Crippen molar-refractivity contribution < 1.29 is 0 Å². The van der Waals surface area contributed by atoms with Gasteiger partial charge >= 0.3 is 0 Å². The van der Waals surface area contributed by atoms with E-state index in [4.69, 9.17) is 0 Å². The van der Waals surface area contributed by atoms with Gasteiger partial charge in [-0.1, -0.05) is 12.5 Å². The second-order valence-corrected chi connectivity index (χ2v) is 5.03. The van der Waals surface area contributed by atoms with Crippen molar-refractivity contribution in [2.24, 2.45) is 5.92 Å². The zero-order chi connectivity index (χ0) is 12.3. The molecule has 94 valence electrons. The third kappa shape index (κ3) is 2.78. The maximum atomic E-state index is 11.7. The zero-order valence-corrected chi connectivity index (χ0v) is 10.8. The fourth-order valence-electron chi connectivity index (χ4n) is 2.97. The summed E-state index contributed by atoms with van der Waals surface area (Å²) in [5, 5.41) is 3.39. The lowest BCUT2D eigenvalue weighted by Crippen LogP contribution is -2.31. The van der Waals surface area contributed by atoms with E-state index in [2.05, 4.69) is 5.32 Å². The molecule has 1 heterocycles. The Morgan fingerprint density at radius 1 is 1.41 bits per heavy atom. The highest BCUT2D eigenvalue weighted by atomic mass is 16.1. The Labute approximate surface area is 103 Å². The van der Waals surface area contributed by atoms with Gasteiger partial charge in [-0.3, -0.25) is 4.79 Å². The van der Waals surface area contributed by atoms with Crippen LogP contribution in [-0.2, 0) is 6.54 Å². The molecule has 17 heavy (non-hydrogen) atoms. The van der Waals surface area contributed by atoms with Crippen LogP contribution in [0.3, 0.4) is 0 Å². The average Bonchev–Trinajstić information content (AvgIpc) is 2.76. The highest BCUT2D eigenvalue weighted by Crippen LogP contribution is 2.28. The summed E-state index contributed by atoms with van der Waals surface area (Å²) in [7, 11) is 2.04. The van der Waals surface area contributed by atoms with Gasteiger partial charge in [-0.05, 0) is 45.2 Å². The summed E-state index contributed by atoms with van der Waals surface area (Å²) >= 11 is 0. The molecule has 0 radical (unpaired) electrons. The van der Waals surface area contributed by atoms with Crippen molar-refractivity contribution in [2.45, 2.75) is 45.2 Å². The lowest BCUT2D eigenvalue weighted by atomic mass is 9.99. The van der Waals surface area contributed by atoms with Gasteiger partial charge in [0.1, 0.15) is 0 Å². The number of hydrogen-bond donors (Lipinski definition) is 1. The second kappa shape index (κ2) is 5.50. The number of aryl methyl sites for hydroxylation is 1. The molecule has 0 amide bonds. The van der Waals surface area contributed by atoms with Crippen LogP contribution in [0.25, 0.3) is 0 Å². The van der Waals surface area contributed by atoms with Gasteiger partial charge < -0.3 is 9.88 Å². The second-order valence-electron chi connectivity index (χ2n) is 5.03. The quantitative estimate of drug-likeness (QED) is 0.864. The fraction of sp³-hybridized carbons (Fsp3) is 0.643. The van der Waals surface area contributed by atoms with Crippen LogP contribution >= 0.6 is 0 Å². The molecule has 1 aromatic heterocycles. The summed E-state index contributed by atoms with van der Waals surface area (Å²) < 4.78 is 1.89. The van der Waals surface area contributed by atoms with E-state index in [9.17, 15) is 4.79 Å². The summed E-state index contributed by atoms with van der Waals surface area (Å²) in [6, 6.07) is 6.14. The van der Waals surface area contributed by atoms with Crippen LogP contribution in [0.1, 0.15) is 31.4 Å². The number of nitrogens with one attached hydrogen (secondary N) is 1. The van der Waals surface area contributed by atoms with Crippen LogP contribution in [0.4, 0.5) is 0 Å². The first-order valence-electron chi connectivity index (χ1n) is 6.56. The normalized spacial score (nSPS) is 24.1. The minimum atomic E-state index is 0.129. The third-order valence-corrected chi connectivity index (χ3v) is 4.02.